The maximum atomic E-state index is 10.1. The molecule has 0 saturated carbocycles. The maximum Gasteiger partial charge on any atom is 0.235 e. The molecule has 0 amide bonds. The lowest BCUT2D eigenvalue weighted by molar-refractivity contribution is -0.0453. The van der Waals surface area contributed by atoms with Crippen LogP contribution < -0.4 is 0 Å². The van der Waals surface area contributed by atoms with Crippen LogP contribution in [0.15, 0.2) is 9.98 Å². The third kappa shape index (κ3) is 18.7. The molecule has 2 N–H and O–H groups in total. The van der Waals surface area contributed by atoms with Crippen molar-refractivity contribution in [3.63, 3.8) is 0 Å². The van der Waals surface area contributed by atoms with Gasteiger partial charge in [-0.1, -0.05) is 26.2 Å². The molecule has 0 radical (unpaired) electrons. The highest BCUT2D eigenvalue weighted by atomic mass is 16.5. The molecule has 0 aromatic heterocycles. The van der Waals surface area contributed by atoms with Gasteiger partial charge in [0.15, 0.2) is 6.29 Å². The van der Waals surface area contributed by atoms with Crippen molar-refractivity contribution in [3.8, 4) is 0 Å². The quantitative estimate of drug-likeness (QED) is 0.296. The zero-order chi connectivity index (χ0) is 16.7. The van der Waals surface area contributed by atoms with E-state index in [0.717, 1.165) is 32.1 Å². The number of carbonyl (C=O) groups excluding carboxylic acids is 2. The number of aliphatic imine (C=N–C) groups is 2. The van der Waals surface area contributed by atoms with E-state index >= 15 is 0 Å². The summed E-state index contributed by atoms with van der Waals surface area (Å²) >= 11 is 0. The minimum Gasteiger partial charge on any atom is -0.368 e. The summed E-state index contributed by atoms with van der Waals surface area (Å²) in [6.07, 6.45) is 7.01. The van der Waals surface area contributed by atoms with Gasteiger partial charge in [0.1, 0.15) is 0 Å². The number of hydrogen-bond donors (Lipinski definition) is 2. The first-order valence-electron chi connectivity index (χ1n) is 7.31. The molecule has 6 nitrogen and oxygen atoms in total. The number of unbranched alkanes of at least 4 members (excludes halogenated alkanes) is 1. The molecule has 0 spiro atoms. The van der Waals surface area contributed by atoms with Gasteiger partial charge in [-0.25, -0.2) is 14.6 Å². The number of nitrogens with zero attached hydrogens (tertiary/aromatic N) is 2. The second-order valence-corrected chi connectivity index (χ2v) is 5.60. The predicted molar refractivity (Wildman–Crippen MR) is 81.4 cm³/mol. The van der Waals surface area contributed by atoms with Crippen molar-refractivity contribution in [2.75, 3.05) is 0 Å². The third-order valence-electron chi connectivity index (χ3n) is 2.83. The minimum atomic E-state index is -1.10. The smallest absolute Gasteiger partial charge is 0.235 e. The van der Waals surface area contributed by atoms with E-state index in [0.29, 0.717) is 6.42 Å². The van der Waals surface area contributed by atoms with Crippen LogP contribution in [0.2, 0.25) is 0 Å². The van der Waals surface area contributed by atoms with E-state index in [4.69, 9.17) is 10.2 Å². The molecule has 0 fully saturated rings. The van der Waals surface area contributed by atoms with E-state index in [1.165, 1.54) is 0 Å². The average Bonchev–Trinajstić information content (AvgIpc) is 2.35. The van der Waals surface area contributed by atoms with E-state index in [-0.39, 0.29) is 11.6 Å². The number of hydrogen-bond acceptors (Lipinski definition) is 6. The first kappa shape index (κ1) is 22.0. The number of aliphatic hydroxyl groups excluding tert-OH is 1. The highest BCUT2D eigenvalue weighted by Gasteiger charge is 2.15. The second-order valence-electron chi connectivity index (χ2n) is 5.60. The zero-order valence-electron chi connectivity index (χ0n) is 13.5. The number of rotatable bonds is 9. The van der Waals surface area contributed by atoms with Gasteiger partial charge >= 0.3 is 0 Å². The van der Waals surface area contributed by atoms with Crippen LogP contribution in [-0.4, -0.2) is 40.2 Å². The van der Waals surface area contributed by atoms with Gasteiger partial charge in [0.25, 0.3) is 0 Å². The van der Waals surface area contributed by atoms with Crippen LogP contribution in [0.5, 0.6) is 0 Å². The van der Waals surface area contributed by atoms with Crippen molar-refractivity contribution >= 4 is 12.2 Å². The van der Waals surface area contributed by atoms with E-state index in [1.807, 2.05) is 27.7 Å². The summed E-state index contributed by atoms with van der Waals surface area (Å²) in [5, 5.41) is 16.2. The Bertz CT molecular complexity index is 344. The van der Waals surface area contributed by atoms with Gasteiger partial charge in [0.05, 0.1) is 11.6 Å². The van der Waals surface area contributed by atoms with Gasteiger partial charge in [0.2, 0.25) is 12.2 Å². The van der Waals surface area contributed by atoms with Gasteiger partial charge in [-0.05, 0) is 40.0 Å². The molecule has 0 aromatic carbocycles. The molecule has 0 bridgehead atoms. The highest BCUT2D eigenvalue weighted by Crippen LogP contribution is 2.18. The van der Waals surface area contributed by atoms with E-state index < -0.39 is 6.29 Å². The van der Waals surface area contributed by atoms with Crippen molar-refractivity contribution < 1.29 is 19.8 Å². The van der Waals surface area contributed by atoms with Crippen molar-refractivity contribution in [3.05, 3.63) is 0 Å². The Morgan fingerprint density at radius 2 is 1.71 bits per heavy atom. The predicted octanol–water partition coefficient (Wildman–Crippen LogP) is 2.48. The van der Waals surface area contributed by atoms with E-state index in [9.17, 15) is 9.59 Å². The van der Waals surface area contributed by atoms with Crippen molar-refractivity contribution in [1.29, 1.82) is 0 Å². The Morgan fingerprint density at radius 3 is 2.10 bits per heavy atom. The van der Waals surface area contributed by atoms with Gasteiger partial charge in [0, 0.05) is 0 Å². The molecule has 0 aromatic rings. The van der Waals surface area contributed by atoms with Crippen molar-refractivity contribution in [1.82, 2.24) is 0 Å². The summed E-state index contributed by atoms with van der Waals surface area (Å²) in [5.41, 5.74) is -0.321. The fourth-order valence-electron chi connectivity index (χ4n) is 1.59. The Kier molecular flexibility index (Phi) is 14.3. The maximum absolute atomic E-state index is 10.1. The fourth-order valence-corrected chi connectivity index (χ4v) is 1.59. The lowest BCUT2D eigenvalue weighted by Crippen LogP contribution is -2.15. The molecule has 0 aliphatic rings. The Labute approximate surface area is 127 Å². The molecule has 0 saturated heterocycles. The molecule has 0 heterocycles. The zero-order valence-corrected chi connectivity index (χ0v) is 13.5. The molecule has 0 rings (SSSR count). The van der Waals surface area contributed by atoms with Gasteiger partial charge < -0.3 is 10.2 Å². The lowest BCUT2D eigenvalue weighted by Gasteiger charge is -2.16. The molecule has 0 aliphatic carbocycles. The van der Waals surface area contributed by atoms with Crippen LogP contribution in [0.1, 0.15) is 66.2 Å². The molecular weight excluding hydrogens is 272 g/mol. The van der Waals surface area contributed by atoms with Crippen LogP contribution in [0.25, 0.3) is 0 Å². The number of aliphatic hydroxyl groups is 2. The highest BCUT2D eigenvalue weighted by molar-refractivity contribution is 5.34. The molecule has 1 unspecified atom stereocenters. The minimum absolute atomic E-state index is 0.0418. The van der Waals surface area contributed by atoms with Gasteiger partial charge in [-0.3, -0.25) is 0 Å². The monoisotopic (exact) mass is 300 g/mol. The third-order valence-corrected chi connectivity index (χ3v) is 2.83. The fraction of sp³-hybridized carbons (Fsp3) is 0.867. The molecule has 0 aliphatic heterocycles. The van der Waals surface area contributed by atoms with E-state index in [1.54, 1.807) is 12.2 Å². The Balaban J connectivity index is 0. The van der Waals surface area contributed by atoms with Gasteiger partial charge in [-0.15, -0.1) is 0 Å². The van der Waals surface area contributed by atoms with Crippen LogP contribution in [0, 0.1) is 0 Å². The lowest BCUT2D eigenvalue weighted by atomic mass is 9.97. The molecule has 122 valence electrons. The second kappa shape index (κ2) is 13.7. The van der Waals surface area contributed by atoms with Crippen LogP contribution in [0.4, 0.5) is 0 Å². The standard InChI is InChI=1S/C11H18N2O2.C4H10O2/c1-10(12-8-14)6-4-5-7-11(2,3)13-9-15;1-2-3-4(5)6/h10H,4-7H2,1-3H3;4-6H,2-3H2,1H3. The summed E-state index contributed by atoms with van der Waals surface area (Å²) in [6, 6.07) is 0.0418. The van der Waals surface area contributed by atoms with Crippen LogP contribution >= 0.6 is 0 Å². The molecule has 6 heteroatoms. The molecule has 1 atom stereocenters. The summed E-state index contributed by atoms with van der Waals surface area (Å²) < 4.78 is 0. The topological polar surface area (TPSA) is 99.3 Å². The number of isocyanates is 2. The normalized spacial score (nSPS) is 11.8. The van der Waals surface area contributed by atoms with Gasteiger partial charge in [-0.2, -0.15) is 4.99 Å². The molecular formula is C15H28N2O4. The van der Waals surface area contributed by atoms with Crippen molar-refractivity contribution in [2.24, 2.45) is 9.98 Å². The summed E-state index contributed by atoms with van der Waals surface area (Å²) in [7, 11) is 0. The molecule has 21 heavy (non-hydrogen) atoms. The van der Waals surface area contributed by atoms with Crippen LogP contribution in [0.3, 0.4) is 0 Å². The Hall–Kier alpha value is -1.32. The summed E-state index contributed by atoms with van der Waals surface area (Å²) in [4.78, 5) is 27.4. The van der Waals surface area contributed by atoms with E-state index in [2.05, 4.69) is 9.98 Å². The summed E-state index contributed by atoms with van der Waals surface area (Å²) in [6.45, 7) is 7.61. The largest absolute Gasteiger partial charge is 0.368 e. The first-order valence-corrected chi connectivity index (χ1v) is 7.31. The first-order chi connectivity index (χ1) is 9.79. The Morgan fingerprint density at radius 1 is 1.10 bits per heavy atom. The average molecular weight is 300 g/mol. The summed E-state index contributed by atoms with van der Waals surface area (Å²) in [5.74, 6) is 0. The SMILES string of the molecule is CC(CCCCC(C)(C)N=C=O)N=C=O.CCCC(O)O. The van der Waals surface area contributed by atoms with Crippen molar-refractivity contribution in [2.45, 2.75) is 84.1 Å². The van der Waals surface area contributed by atoms with Crippen LogP contribution in [-0.2, 0) is 9.59 Å².